The predicted molar refractivity (Wildman–Crippen MR) is 115 cm³/mol. The smallest absolute Gasteiger partial charge is 0.269 e. The normalized spacial score (nSPS) is 11.0. The van der Waals surface area contributed by atoms with Crippen molar-refractivity contribution in [2.24, 2.45) is 0 Å². The predicted octanol–water partition coefficient (Wildman–Crippen LogP) is 2.28. The zero-order chi connectivity index (χ0) is 21.7. The minimum absolute atomic E-state index is 0.0496. The molecule has 0 saturated carbocycles. The molecule has 1 heterocycles. The number of hydrogen-bond acceptors (Lipinski definition) is 6. The van der Waals surface area contributed by atoms with Crippen molar-refractivity contribution in [3.63, 3.8) is 0 Å². The highest BCUT2D eigenvalue weighted by Crippen LogP contribution is 2.21. The lowest BCUT2D eigenvalue weighted by atomic mass is 10.2. The van der Waals surface area contributed by atoms with Crippen LogP contribution in [0.15, 0.2) is 64.9 Å². The van der Waals surface area contributed by atoms with Crippen molar-refractivity contribution in [1.29, 1.82) is 0 Å². The van der Waals surface area contributed by atoms with Crippen molar-refractivity contribution >= 4 is 38.9 Å². The van der Waals surface area contributed by atoms with Crippen molar-refractivity contribution in [3.05, 3.63) is 76.2 Å². The molecule has 0 atom stereocenters. The standard InChI is InChI=1S/C20H20N4O4S2/c1-14-13-29-19(21-14)12-18(25)22-23-20(26)15-8-10-17(11-9-15)30(27,28)24(2)16-6-4-3-5-7-16/h3-11,13H,12H2,1-2H3,(H,22,25)(H,23,26). The maximum atomic E-state index is 12.8. The summed E-state index contributed by atoms with van der Waals surface area (Å²) in [7, 11) is -2.30. The zero-order valence-electron chi connectivity index (χ0n) is 16.3. The van der Waals surface area contributed by atoms with E-state index in [0.717, 1.165) is 5.69 Å². The number of carbonyl (C=O) groups is 2. The van der Waals surface area contributed by atoms with Crippen LogP contribution in [0, 0.1) is 6.92 Å². The molecule has 0 aliphatic rings. The van der Waals surface area contributed by atoms with Gasteiger partial charge in [-0.05, 0) is 43.3 Å². The van der Waals surface area contributed by atoms with E-state index in [4.69, 9.17) is 0 Å². The van der Waals surface area contributed by atoms with E-state index in [0.29, 0.717) is 10.7 Å². The Morgan fingerprint density at radius 3 is 2.30 bits per heavy atom. The summed E-state index contributed by atoms with van der Waals surface area (Å²) >= 11 is 1.37. The molecule has 0 radical (unpaired) electrons. The number of aromatic nitrogens is 1. The second kappa shape index (κ2) is 9.06. The van der Waals surface area contributed by atoms with Gasteiger partial charge in [-0.15, -0.1) is 11.3 Å². The molecule has 0 fully saturated rings. The molecule has 30 heavy (non-hydrogen) atoms. The SMILES string of the molecule is Cc1csc(CC(=O)NNC(=O)c2ccc(S(=O)(=O)N(C)c3ccccc3)cc2)n1. The minimum atomic E-state index is -3.77. The third-order valence-electron chi connectivity index (χ3n) is 4.19. The number of hydrazine groups is 1. The van der Waals surface area contributed by atoms with E-state index in [2.05, 4.69) is 15.8 Å². The molecule has 10 heteroatoms. The summed E-state index contributed by atoms with van der Waals surface area (Å²) in [4.78, 5) is 28.4. The van der Waals surface area contributed by atoms with E-state index < -0.39 is 21.8 Å². The van der Waals surface area contributed by atoms with Crippen LogP contribution in [-0.2, 0) is 21.2 Å². The van der Waals surface area contributed by atoms with Crippen LogP contribution >= 0.6 is 11.3 Å². The van der Waals surface area contributed by atoms with Crippen LogP contribution in [0.3, 0.4) is 0 Å². The molecule has 3 aromatic rings. The number of amides is 2. The van der Waals surface area contributed by atoms with Crippen LogP contribution in [-0.4, -0.2) is 32.3 Å². The summed E-state index contributed by atoms with van der Waals surface area (Å²) in [5.74, 6) is -0.958. The number of aryl methyl sites for hydroxylation is 1. The average Bonchev–Trinajstić information content (AvgIpc) is 3.16. The molecule has 0 saturated heterocycles. The van der Waals surface area contributed by atoms with E-state index in [-0.39, 0.29) is 16.9 Å². The highest BCUT2D eigenvalue weighted by atomic mass is 32.2. The first kappa shape index (κ1) is 21.5. The van der Waals surface area contributed by atoms with Crippen LogP contribution in [0.1, 0.15) is 21.1 Å². The molecule has 0 spiro atoms. The second-order valence-corrected chi connectivity index (χ2v) is 9.31. The third-order valence-corrected chi connectivity index (χ3v) is 6.95. The Labute approximate surface area is 178 Å². The van der Waals surface area contributed by atoms with E-state index >= 15 is 0 Å². The van der Waals surface area contributed by atoms with Gasteiger partial charge in [-0.1, -0.05) is 18.2 Å². The lowest BCUT2D eigenvalue weighted by Gasteiger charge is -2.19. The van der Waals surface area contributed by atoms with Gasteiger partial charge in [-0.2, -0.15) is 0 Å². The van der Waals surface area contributed by atoms with E-state index in [1.54, 1.807) is 30.3 Å². The summed E-state index contributed by atoms with van der Waals surface area (Å²) < 4.78 is 26.7. The van der Waals surface area contributed by atoms with Gasteiger partial charge >= 0.3 is 0 Å². The monoisotopic (exact) mass is 444 g/mol. The zero-order valence-corrected chi connectivity index (χ0v) is 18.0. The summed E-state index contributed by atoms with van der Waals surface area (Å²) in [5, 5.41) is 2.49. The molecular weight excluding hydrogens is 424 g/mol. The summed E-state index contributed by atoms with van der Waals surface area (Å²) in [6, 6.07) is 14.2. The Morgan fingerprint density at radius 1 is 1.03 bits per heavy atom. The number of nitrogens with one attached hydrogen (secondary N) is 2. The molecule has 1 aromatic heterocycles. The molecule has 0 aliphatic heterocycles. The summed E-state index contributed by atoms with van der Waals surface area (Å²) in [6.45, 7) is 1.83. The fourth-order valence-electron chi connectivity index (χ4n) is 2.58. The van der Waals surface area contributed by atoms with Crippen molar-refractivity contribution in [3.8, 4) is 0 Å². The third kappa shape index (κ3) is 5.02. The lowest BCUT2D eigenvalue weighted by molar-refractivity contribution is -0.121. The van der Waals surface area contributed by atoms with Gasteiger partial charge in [-0.3, -0.25) is 24.7 Å². The molecule has 2 aromatic carbocycles. The Hall–Kier alpha value is -3.24. The van der Waals surface area contributed by atoms with Crippen LogP contribution in [0.2, 0.25) is 0 Å². The summed E-state index contributed by atoms with van der Waals surface area (Å²) in [6.07, 6.45) is 0.0573. The highest BCUT2D eigenvalue weighted by molar-refractivity contribution is 7.92. The largest absolute Gasteiger partial charge is 0.273 e. The van der Waals surface area contributed by atoms with Crippen LogP contribution < -0.4 is 15.2 Å². The molecule has 8 nitrogen and oxygen atoms in total. The number of benzene rings is 2. The van der Waals surface area contributed by atoms with Crippen LogP contribution in [0.5, 0.6) is 0 Å². The molecular formula is C20H20N4O4S2. The number of sulfonamides is 1. The first-order chi connectivity index (χ1) is 14.3. The van der Waals surface area contributed by atoms with Crippen molar-refractivity contribution in [1.82, 2.24) is 15.8 Å². The minimum Gasteiger partial charge on any atom is -0.273 e. The van der Waals surface area contributed by atoms with Gasteiger partial charge < -0.3 is 0 Å². The van der Waals surface area contributed by atoms with E-state index in [9.17, 15) is 18.0 Å². The fourth-order valence-corrected chi connectivity index (χ4v) is 4.54. The summed E-state index contributed by atoms with van der Waals surface area (Å²) in [5.41, 5.74) is 6.20. The van der Waals surface area contributed by atoms with Gasteiger partial charge in [0, 0.05) is 23.7 Å². The first-order valence-corrected chi connectivity index (χ1v) is 11.2. The van der Waals surface area contributed by atoms with E-state index in [1.165, 1.54) is 47.0 Å². The van der Waals surface area contributed by atoms with E-state index in [1.807, 2.05) is 12.3 Å². The number of rotatable bonds is 6. The first-order valence-electron chi connectivity index (χ1n) is 8.91. The number of carbonyl (C=O) groups excluding carboxylic acids is 2. The van der Waals surface area contributed by atoms with Gasteiger partial charge in [0.15, 0.2) is 0 Å². The Morgan fingerprint density at radius 2 is 1.70 bits per heavy atom. The highest BCUT2D eigenvalue weighted by Gasteiger charge is 2.21. The van der Waals surface area contributed by atoms with Gasteiger partial charge in [0.05, 0.1) is 17.0 Å². The van der Waals surface area contributed by atoms with Crippen molar-refractivity contribution < 1.29 is 18.0 Å². The molecule has 2 amide bonds. The molecule has 2 N–H and O–H groups in total. The molecule has 3 rings (SSSR count). The number of para-hydroxylation sites is 1. The number of thiazole rings is 1. The second-order valence-electron chi connectivity index (χ2n) is 6.39. The number of nitrogens with zero attached hydrogens (tertiary/aromatic N) is 2. The Balaban J connectivity index is 1.61. The van der Waals surface area contributed by atoms with Crippen LogP contribution in [0.25, 0.3) is 0 Å². The maximum absolute atomic E-state index is 12.8. The number of hydrogen-bond donors (Lipinski definition) is 2. The van der Waals surface area contributed by atoms with Gasteiger partial charge in [-0.25, -0.2) is 13.4 Å². The Bertz CT molecular complexity index is 1140. The van der Waals surface area contributed by atoms with Gasteiger partial charge in [0.2, 0.25) is 5.91 Å². The topological polar surface area (TPSA) is 108 Å². The van der Waals surface area contributed by atoms with Crippen molar-refractivity contribution in [2.45, 2.75) is 18.2 Å². The number of anilines is 1. The van der Waals surface area contributed by atoms with Gasteiger partial charge in [0.25, 0.3) is 15.9 Å². The average molecular weight is 445 g/mol. The quantitative estimate of drug-likeness (QED) is 0.567. The van der Waals surface area contributed by atoms with Crippen molar-refractivity contribution in [2.75, 3.05) is 11.4 Å². The molecule has 156 valence electrons. The maximum Gasteiger partial charge on any atom is 0.269 e. The molecule has 0 aliphatic carbocycles. The lowest BCUT2D eigenvalue weighted by Crippen LogP contribution is -2.42. The molecule has 0 bridgehead atoms. The van der Waals surface area contributed by atoms with Crippen LogP contribution in [0.4, 0.5) is 5.69 Å². The van der Waals surface area contributed by atoms with Gasteiger partial charge in [0.1, 0.15) is 5.01 Å². The Kier molecular flexibility index (Phi) is 6.48. The molecule has 0 unspecified atom stereocenters. The fraction of sp³-hybridized carbons (Fsp3) is 0.150.